The zero-order valence-electron chi connectivity index (χ0n) is 30.1. The van der Waals surface area contributed by atoms with Crippen LogP contribution in [0.5, 0.6) is 5.75 Å². The Morgan fingerprint density at radius 1 is 0.891 bits per heavy atom. The number of nitrogens with one attached hydrogen (secondary N) is 3. The summed E-state index contributed by atoms with van der Waals surface area (Å²) in [7, 11) is 0. The molecule has 3 aromatic carbocycles. The maximum Gasteiger partial charge on any atom is 0.336 e. The molecule has 8 atom stereocenters. The third kappa shape index (κ3) is 9.92. The van der Waals surface area contributed by atoms with Crippen molar-refractivity contribution in [1.82, 2.24) is 16.0 Å². The minimum atomic E-state index is -2.26. The van der Waals surface area contributed by atoms with E-state index in [1.807, 2.05) is 30.3 Å². The molecule has 17 heteroatoms. The number of carboxylic acids is 1. The number of aromatic hydroxyl groups is 1. The maximum absolute atomic E-state index is 13.2. The normalized spacial score (nSPS) is 25.7. The van der Waals surface area contributed by atoms with Gasteiger partial charge >= 0.3 is 5.97 Å². The van der Waals surface area contributed by atoms with E-state index in [1.165, 1.54) is 0 Å². The largest absolute Gasteiger partial charge is 0.505 e. The standard InChI is InChI=1S/C38H43Cl2N3O12/c1-19(44)43-29-26(45)15-38(36(51)52,55-33(29)31(48)27(46)18-42-35(50)23-13-24(39)30(47)25(40)14-23)16-28-32(54-37(2,3)53-28)21-10-7-11-22(12-21)34(49)41-17-20-8-5-4-6-9-20/h4-14,26-29,31-33,45-48H,15-18H2,1-3H3,(H,41,49)(H,42,50)(H,43,44)(H,51,52)/t26-,27+,28?,29+,31+,32-,33+,38-/m0/s1. The number of carbonyl (C=O) groups excluding carboxylic acids is 3. The summed E-state index contributed by atoms with van der Waals surface area (Å²) >= 11 is 11.8. The maximum atomic E-state index is 13.2. The summed E-state index contributed by atoms with van der Waals surface area (Å²) in [6.45, 7) is 4.09. The molecule has 8 N–H and O–H groups in total. The quantitative estimate of drug-likeness (QED) is 0.125. The monoisotopic (exact) mass is 803 g/mol. The first-order valence-electron chi connectivity index (χ1n) is 17.4. The molecule has 0 bridgehead atoms. The number of aliphatic hydroxyl groups excluding tert-OH is 3. The Morgan fingerprint density at radius 2 is 1.55 bits per heavy atom. The Labute approximate surface area is 326 Å². The summed E-state index contributed by atoms with van der Waals surface area (Å²) in [6.07, 6.45) is -10.1. The average Bonchev–Trinajstić information content (AvgIpc) is 3.45. The number of halogens is 2. The van der Waals surface area contributed by atoms with Crippen molar-refractivity contribution < 1.29 is 58.9 Å². The molecule has 2 aliphatic rings. The Hall–Kier alpha value is -4.32. The number of aliphatic carboxylic acids is 1. The van der Waals surface area contributed by atoms with Crippen molar-refractivity contribution in [2.45, 2.75) is 94.2 Å². The highest BCUT2D eigenvalue weighted by Crippen LogP contribution is 2.45. The molecule has 296 valence electrons. The molecular formula is C38H43Cl2N3O12. The number of amides is 3. The molecule has 55 heavy (non-hydrogen) atoms. The Kier molecular flexibility index (Phi) is 13.1. The molecule has 2 aliphatic heterocycles. The molecular weight excluding hydrogens is 761 g/mol. The minimum absolute atomic E-state index is 0.0746. The highest BCUT2D eigenvalue weighted by atomic mass is 35.5. The summed E-state index contributed by atoms with van der Waals surface area (Å²) in [6, 6.07) is 16.8. The van der Waals surface area contributed by atoms with E-state index in [0.717, 1.165) is 24.6 Å². The number of phenolic OH excluding ortho intramolecular Hbond substituents is 1. The van der Waals surface area contributed by atoms with Gasteiger partial charge in [0, 0.05) is 44.0 Å². The second-order valence-corrected chi connectivity index (χ2v) is 14.8. The van der Waals surface area contributed by atoms with Crippen LogP contribution in [-0.2, 0) is 30.3 Å². The summed E-state index contributed by atoms with van der Waals surface area (Å²) in [5.41, 5.74) is -0.623. The third-order valence-corrected chi connectivity index (χ3v) is 9.97. The molecule has 0 aliphatic carbocycles. The lowest BCUT2D eigenvalue weighted by Gasteiger charge is -2.48. The van der Waals surface area contributed by atoms with Gasteiger partial charge in [-0.1, -0.05) is 65.7 Å². The van der Waals surface area contributed by atoms with Crippen molar-refractivity contribution in [2.24, 2.45) is 0 Å². The lowest BCUT2D eigenvalue weighted by Crippen LogP contribution is -2.68. The number of ether oxygens (including phenoxy) is 3. The van der Waals surface area contributed by atoms with Gasteiger partial charge in [0.2, 0.25) is 5.91 Å². The van der Waals surface area contributed by atoms with E-state index in [4.69, 9.17) is 37.4 Å². The van der Waals surface area contributed by atoms with E-state index in [-0.39, 0.29) is 21.5 Å². The molecule has 2 fully saturated rings. The molecule has 0 saturated carbocycles. The van der Waals surface area contributed by atoms with Gasteiger partial charge in [-0.3, -0.25) is 14.4 Å². The zero-order chi connectivity index (χ0) is 40.2. The molecule has 0 aromatic heterocycles. The van der Waals surface area contributed by atoms with E-state index in [2.05, 4.69) is 16.0 Å². The molecule has 3 amide bonds. The van der Waals surface area contributed by atoms with Gasteiger partial charge in [0.05, 0.1) is 34.4 Å². The lowest BCUT2D eigenvalue weighted by atomic mass is 9.79. The van der Waals surface area contributed by atoms with Crippen molar-refractivity contribution >= 4 is 46.9 Å². The topological polar surface area (TPSA) is 233 Å². The fourth-order valence-corrected chi connectivity index (χ4v) is 7.27. The number of phenols is 1. The highest BCUT2D eigenvalue weighted by molar-refractivity contribution is 6.37. The van der Waals surface area contributed by atoms with E-state index >= 15 is 0 Å². The van der Waals surface area contributed by atoms with Crippen LogP contribution < -0.4 is 16.0 Å². The van der Waals surface area contributed by atoms with Crippen LogP contribution in [0, 0.1) is 0 Å². The van der Waals surface area contributed by atoms with Crippen LogP contribution in [0.1, 0.15) is 71.6 Å². The lowest BCUT2D eigenvalue weighted by molar-refractivity contribution is -0.236. The highest BCUT2D eigenvalue weighted by Gasteiger charge is 2.57. The molecule has 1 unspecified atom stereocenters. The second-order valence-electron chi connectivity index (χ2n) is 14.0. The number of carboxylic acid groups (broad SMARTS) is 1. The molecule has 2 heterocycles. The van der Waals surface area contributed by atoms with Gasteiger partial charge in [0.25, 0.3) is 11.8 Å². The molecule has 15 nitrogen and oxygen atoms in total. The molecule has 0 spiro atoms. The Bertz CT molecular complexity index is 1880. The summed E-state index contributed by atoms with van der Waals surface area (Å²) in [5, 5.41) is 61.6. The number of aliphatic hydroxyl groups is 3. The third-order valence-electron chi connectivity index (χ3n) is 9.40. The Balaban J connectivity index is 1.37. The molecule has 0 radical (unpaired) electrons. The van der Waals surface area contributed by atoms with Gasteiger partial charge in [0.15, 0.2) is 17.1 Å². The van der Waals surface area contributed by atoms with E-state index in [9.17, 15) is 44.7 Å². The number of carbonyl (C=O) groups is 4. The first-order valence-corrected chi connectivity index (χ1v) is 18.1. The Morgan fingerprint density at radius 3 is 2.18 bits per heavy atom. The fourth-order valence-electron chi connectivity index (χ4n) is 6.78. The van der Waals surface area contributed by atoms with Crippen LogP contribution in [0.2, 0.25) is 10.0 Å². The van der Waals surface area contributed by atoms with Gasteiger partial charge in [-0.05, 0) is 49.2 Å². The number of hydrogen-bond acceptors (Lipinski definition) is 11. The van der Waals surface area contributed by atoms with E-state index < -0.39 is 97.0 Å². The van der Waals surface area contributed by atoms with Crippen molar-refractivity contribution in [2.75, 3.05) is 6.54 Å². The molecule has 3 aromatic rings. The average molecular weight is 805 g/mol. The smallest absolute Gasteiger partial charge is 0.336 e. The van der Waals surface area contributed by atoms with Gasteiger partial charge in [0.1, 0.15) is 18.3 Å². The van der Waals surface area contributed by atoms with Crippen LogP contribution in [0.4, 0.5) is 0 Å². The SMILES string of the molecule is CC(=O)N[C@H]1[C@H]([C@H](O)[C@H](O)CNC(=O)c2cc(Cl)c(O)c(Cl)c2)O[C@@](CC2OC(C)(C)O[C@H]2c2cccc(C(=O)NCc3ccccc3)c2)(C(=O)O)C[C@@H]1O. The number of hydrogen-bond donors (Lipinski definition) is 8. The number of benzene rings is 3. The first kappa shape index (κ1) is 41.8. The second kappa shape index (κ2) is 17.2. The predicted octanol–water partition coefficient (Wildman–Crippen LogP) is 2.84. The van der Waals surface area contributed by atoms with Crippen LogP contribution in [-0.4, -0.2) is 104 Å². The van der Waals surface area contributed by atoms with Gasteiger partial charge < -0.3 is 55.7 Å². The molecule has 2 saturated heterocycles. The van der Waals surface area contributed by atoms with Crippen molar-refractivity contribution in [3.63, 3.8) is 0 Å². The zero-order valence-corrected chi connectivity index (χ0v) is 31.6. The summed E-state index contributed by atoms with van der Waals surface area (Å²) in [4.78, 5) is 51.3. The fraction of sp³-hybridized carbons (Fsp3) is 0.421. The van der Waals surface area contributed by atoms with Crippen molar-refractivity contribution in [1.29, 1.82) is 0 Å². The van der Waals surface area contributed by atoms with E-state index in [0.29, 0.717) is 17.7 Å². The predicted molar refractivity (Wildman–Crippen MR) is 197 cm³/mol. The van der Waals surface area contributed by atoms with Gasteiger partial charge in [-0.2, -0.15) is 0 Å². The van der Waals surface area contributed by atoms with Crippen LogP contribution in [0.15, 0.2) is 66.7 Å². The van der Waals surface area contributed by atoms with Crippen LogP contribution in [0.3, 0.4) is 0 Å². The summed E-state index contributed by atoms with van der Waals surface area (Å²) < 4.78 is 18.5. The number of rotatable bonds is 13. The van der Waals surface area contributed by atoms with Gasteiger partial charge in [-0.15, -0.1) is 0 Å². The van der Waals surface area contributed by atoms with Crippen LogP contribution in [0.25, 0.3) is 0 Å². The van der Waals surface area contributed by atoms with Gasteiger partial charge in [-0.25, -0.2) is 4.79 Å². The molecule has 5 rings (SSSR count). The summed E-state index contributed by atoms with van der Waals surface area (Å²) in [5.74, 6) is -4.98. The van der Waals surface area contributed by atoms with Crippen molar-refractivity contribution in [3.8, 4) is 5.75 Å². The first-order chi connectivity index (χ1) is 25.9. The van der Waals surface area contributed by atoms with E-state index in [1.54, 1.807) is 38.1 Å². The van der Waals surface area contributed by atoms with Crippen LogP contribution >= 0.6 is 23.2 Å². The van der Waals surface area contributed by atoms with Crippen molar-refractivity contribution in [3.05, 3.63) is 99.0 Å². The minimum Gasteiger partial charge on any atom is -0.505 e.